The summed E-state index contributed by atoms with van der Waals surface area (Å²) >= 11 is 0. The molecule has 3 atom stereocenters. The van der Waals surface area contributed by atoms with E-state index in [1.54, 1.807) is 19.9 Å². The molecular weight excluding hydrogens is 469 g/mol. The lowest BCUT2D eigenvalue weighted by molar-refractivity contribution is 0.108. The molecule has 1 aromatic carbocycles. The Labute approximate surface area is 209 Å². The van der Waals surface area contributed by atoms with Gasteiger partial charge < -0.3 is 19.6 Å². The SMILES string of the molecule is C=C(C)[C@@H]1CCC(C)=C[C@H]1c1c(O)cc(CCC)cc1OC(=O)N(C)CCOP(=O)(O)OC(C)C. The van der Waals surface area contributed by atoms with Crippen molar-refractivity contribution >= 4 is 13.9 Å². The largest absolute Gasteiger partial charge is 0.507 e. The van der Waals surface area contributed by atoms with Crippen LogP contribution < -0.4 is 4.74 Å². The molecule has 9 heteroatoms. The molecule has 2 rings (SSSR count). The van der Waals surface area contributed by atoms with E-state index in [0.29, 0.717) is 11.3 Å². The lowest BCUT2D eigenvalue weighted by Crippen LogP contribution is -2.33. The highest BCUT2D eigenvalue weighted by atomic mass is 31.2. The van der Waals surface area contributed by atoms with Gasteiger partial charge >= 0.3 is 13.9 Å². The van der Waals surface area contributed by atoms with E-state index in [4.69, 9.17) is 13.8 Å². The molecule has 8 nitrogen and oxygen atoms in total. The van der Waals surface area contributed by atoms with Gasteiger partial charge in [-0.3, -0.25) is 9.05 Å². The topological polar surface area (TPSA) is 106 Å². The third kappa shape index (κ3) is 8.50. The number of hydrogen-bond donors (Lipinski definition) is 2. The van der Waals surface area contributed by atoms with E-state index in [-0.39, 0.29) is 30.7 Å². The van der Waals surface area contributed by atoms with Crippen LogP contribution in [0.2, 0.25) is 0 Å². The molecule has 35 heavy (non-hydrogen) atoms. The highest BCUT2D eigenvalue weighted by molar-refractivity contribution is 7.47. The molecule has 0 saturated carbocycles. The molecule has 1 amide bonds. The van der Waals surface area contributed by atoms with Crippen molar-refractivity contribution in [3.63, 3.8) is 0 Å². The summed E-state index contributed by atoms with van der Waals surface area (Å²) < 4.78 is 27.5. The average Bonchev–Trinajstić information content (AvgIpc) is 2.72. The number of phenolic OH excluding ortho intramolecular Hbond substituents is 1. The molecular formula is C26H40NO7P. The number of phosphoric ester groups is 1. The first-order chi connectivity index (χ1) is 16.3. The molecule has 1 aliphatic rings. The van der Waals surface area contributed by atoms with Gasteiger partial charge in [-0.15, -0.1) is 0 Å². The second kappa shape index (κ2) is 12.7. The molecule has 0 radical (unpaired) electrons. The summed E-state index contributed by atoms with van der Waals surface area (Å²) in [7, 11) is -2.69. The molecule has 2 N–H and O–H groups in total. The maximum atomic E-state index is 12.9. The Hall–Kier alpha value is -2.12. The number of aromatic hydroxyl groups is 1. The summed E-state index contributed by atoms with van der Waals surface area (Å²) in [6, 6.07) is 3.56. The van der Waals surface area contributed by atoms with Gasteiger partial charge in [-0.05, 0) is 70.6 Å². The number of carbonyl (C=O) groups excluding carboxylic acids is 1. The summed E-state index contributed by atoms with van der Waals surface area (Å²) in [6.07, 6.45) is 4.45. The lowest BCUT2D eigenvalue weighted by atomic mass is 9.73. The van der Waals surface area contributed by atoms with Gasteiger partial charge in [-0.2, -0.15) is 0 Å². The zero-order valence-corrected chi connectivity index (χ0v) is 22.6. The zero-order valence-electron chi connectivity index (χ0n) is 21.7. The summed E-state index contributed by atoms with van der Waals surface area (Å²) in [4.78, 5) is 23.9. The van der Waals surface area contributed by atoms with Gasteiger partial charge in [0.1, 0.15) is 11.5 Å². The van der Waals surface area contributed by atoms with Crippen molar-refractivity contribution in [2.24, 2.45) is 5.92 Å². The number of phenols is 1. The minimum Gasteiger partial charge on any atom is -0.507 e. The second-order valence-electron chi connectivity index (χ2n) is 9.55. The van der Waals surface area contributed by atoms with E-state index >= 15 is 0 Å². The van der Waals surface area contributed by atoms with Gasteiger partial charge in [-0.25, -0.2) is 9.36 Å². The van der Waals surface area contributed by atoms with Gasteiger partial charge in [0, 0.05) is 25.1 Å². The van der Waals surface area contributed by atoms with Crippen LogP contribution in [-0.2, 0) is 20.0 Å². The lowest BCUT2D eigenvalue weighted by Gasteiger charge is -2.32. The number of rotatable bonds is 11. The molecule has 0 aromatic heterocycles. The molecule has 196 valence electrons. The van der Waals surface area contributed by atoms with Crippen molar-refractivity contribution < 1.29 is 33.1 Å². The highest BCUT2D eigenvalue weighted by Crippen LogP contribution is 2.47. The number of allylic oxidation sites excluding steroid dienone is 3. The van der Waals surface area contributed by atoms with Crippen LogP contribution >= 0.6 is 7.82 Å². The number of phosphoric acid groups is 1. The van der Waals surface area contributed by atoms with Gasteiger partial charge in [0.2, 0.25) is 0 Å². The molecule has 0 saturated heterocycles. The normalized spacial score (nSPS) is 19.7. The number of nitrogens with zero attached hydrogens (tertiary/aromatic N) is 1. The van der Waals surface area contributed by atoms with Crippen LogP contribution in [0.5, 0.6) is 11.5 Å². The number of likely N-dealkylation sites (N-methyl/N-ethyl adjacent to an activating group) is 1. The van der Waals surface area contributed by atoms with E-state index in [0.717, 1.165) is 36.8 Å². The molecule has 0 heterocycles. The minimum absolute atomic E-state index is 0.0115. The highest BCUT2D eigenvalue weighted by Gasteiger charge is 2.32. The van der Waals surface area contributed by atoms with E-state index in [9.17, 15) is 19.4 Å². The Morgan fingerprint density at radius 2 is 2.03 bits per heavy atom. The van der Waals surface area contributed by atoms with E-state index in [1.165, 1.54) is 17.5 Å². The van der Waals surface area contributed by atoms with Crippen molar-refractivity contribution in [1.29, 1.82) is 0 Å². The molecule has 1 aliphatic carbocycles. The van der Waals surface area contributed by atoms with Crippen molar-refractivity contribution in [3.8, 4) is 11.5 Å². The van der Waals surface area contributed by atoms with Gasteiger partial charge in [-0.1, -0.05) is 37.1 Å². The molecule has 0 fully saturated rings. The predicted octanol–water partition coefficient (Wildman–Crippen LogP) is 6.33. The predicted molar refractivity (Wildman–Crippen MR) is 137 cm³/mol. The van der Waals surface area contributed by atoms with Crippen LogP contribution in [0.25, 0.3) is 0 Å². The van der Waals surface area contributed by atoms with Crippen molar-refractivity contribution in [2.45, 2.75) is 72.3 Å². The van der Waals surface area contributed by atoms with Crippen LogP contribution in [0.15, 0.2) is 35.9 Å². The summed E-state index contributed by atoms with van der Waals surface area (Å²) in [5.41, 5.74) is 3.67. The Morgan fingerprint density at radius 1 is 1.34 bits per heavy atom. The fourth-order valence-corrected chi connectivity index (χ4v) is 5.19. The van der Waals surface area contributed by atoms with E-state index < -0.39 is 20.0 Å². The number of hydrogen-bond acceptors (Lipinski definition) is 6. The van der Waals surface area contributed by atoms with Crippen molar-refractivity contribution in [1.82, 2.24) is 4.90 Å². The smallest absolute Gasteiger partial charge is 0.472 e. The zero-order chi connectivity index (χ0) is 26.3. The standard InChI is InChI=1S/C26H40NO7P/c1-8-9-20-15-23(28)25(22-14-19(6)10-11-21(22)17(2)3)24(16-20)33-26(29)27(7)12-13-32-35(30,31)34-18(4)5/h14-16,18,21-22,28H,2,8-13H2,1,3-7H3,(H,30,31)/t21-,22+/m0/s1. The molecule has 0 aliphatic heterocycles. The van der Waals surface area contributed by atoms with Crippen LogP contribution in [0, 0.1) is 5.92 Å². The quantitative estimate of drug-likeness (QED) is 0.265. The molecule has 1 unspecified atom stereocenters. The molecule has 0 spiro atoms. The van der Waals surface area contributed by atoms with Crippen LogP contribution in [0.1, 0.15) is 70.9 Å². The average molecular weight is 510 g/mol. The minimum atomic E-state index is -4.20. The Kier molecular flexibility index (Phi) is 10.6. The van der Waals surface area contributed by atoms with Gasteiger partial charge in [0.25, 0.3) is 0 Å². The molecule has 1 aromatic rings. The number of benzene rings is 1. The first-order valence-corrected chi connectivity index (χ1v) is 13.6. The van der Waals surface area contributed by atoms with Crippen molar-refractivity contribution in [3.05, 3.63) is 47.1 Å². The van der Waals surface area contributed by atoms with Crippen LogP contribution in [-0.4, -0.2) is 47.3 Å². The Bertz CT molecular complexity index is 988. The Balaban J connectivity index is 2.28. The monoisotopic (exact) mass is 509 g/mol. The van der Waals surface area contributed by atoms with Crippen LogP contribution in [0.4, 0.5) is 4.79 Å². The molecule has 0 bridgehead atoms. The fourth-order valence-electron chi connectivity index (χ4n) is 4.28. The summed E-state index contributed by atoms with van der Waals surface area (Å²) in [5.74, 6) is 0.357. The third-order valence-corrected chi connectivity index (χ3v) is 7.16. The van der Waals surface area contributed by atoms with E-state index in [1.807, 2.05) is 19.9 Å². The number of amides is 1. The first kappa shape index (κ1) is 29.1. The van der Waals surface area contributed by atoms with E-state index in [2.05, 4.69) is 19.6 Å². The first-order valence-electron chi connectivity index (χ1n) is 12.1. The third-order valence-electron chi connectivity index (χ3n) is 5.97. The second-order valence-corrected chi connectivity index (χ2v) is 11.0. The summed E-state index contributed by atoms with van der Waals surface area (Å²) in [5, 5.41) is 11.0. The number of carbonyl (C=O) groups is 1. The maximum absolute atomic E-state index is 12.9. The van der Waals surface area contributed by atoms with Gasteiger partial charge in [0.15, 0.2) is 0 Å². The maximum Gasteiger partial charge on any atom is 0.472 e. The van der Waals surface area contributed by atoms with Crippen molar-refractivity contribution in [2.75, 3.05) is 20.2 Å². The summed E-state index contributed by atoms with van der Waals surface area (Å²) in [6.45, 7) is 13.3. The van der Waals surface area contributed by atoms with Crippen LogP contribution in [0.3, 0.4) is 0 Å². The number of ether oxygens (including phenoxy) is 1. The van der Waals surface area contributed by atoms with Gasteiger partial charge in [0.05, 0.1) is 12.7 Å². The fraction of sp³-hybridized carbons (Fsp3) is 0.577. The number of aryl methyl sites for hydroxylation is 1. The Morgan fingerprint density at radius 3 is 2.63 bits per heavy atom.